The number of rotatable bonds is 11. The molecule has 8 nitrogen and oxygen atoms in total. The number of hydrogen-bond donors (Lipinski definition) is 2. The topological polar surface area (TPSA) is 102 Å². The summed E-state index contributed by atoms with van der Waals surface area (Å²) in [5, 5.41) is 3.00. The highest BCUT2D eigenvalue weighted by atomic mass is 16.5. The molecule has 0 aliphatic heterocycles. The molecule has 0 bridgehead atoms. The Morgan fingerprint density at radius 2 is 2.12 bits per heavy atom. The number of carbonyl (C=O) groups is 1. The van der Waals surface area contributed by atoms with Crippen molar-refractivity contribution in [2.45, 2.75) is 52.0 Å². The van der Waals surface area contributed by atoms with Crippen LogP contribution in [0.1, 0.15) is 38.5 Å². The van der Waals surface area contributed by atoms with Crippen LogP contribution in [0.2, 0.25) is 0 Å². The molecule has 0 saturated heterocycles. The van der Waals surface area contributed by atoms with Gasteiger partial charge in [0.25, 0.3) is 5.56 Å². The van der Waals surface area contributed by atoms with Crippen LogP contribution in [0.3, 0.4) is 0 Å². The van der Waals surface area contributed by atoms with E-state index in [1.807, 2.05) is 13.8 Å². The van der Waals surface area contributed by atoms with Crippen LogP contribution in [-0.4, -0.2) is 48.2 Å². The highest BCUT2D eigenvalue weighted by molar-refractivity contribution is 5.56. The van der Waals surface area contributed by atoms with Gasteiger partial charge in [-0.1, -0.05) is 13.3 Å². The van der Waals surface area contributed by atoms with E-state index in [0.717, 1.165) is 12.8 Å². The highest BCUT2D eigenvalue weighted by Gasteiger charge is 2.24. The lowest BCUT2D eigenvalue weighted by molar-refractivity contribution is -0.136. The smallest absolute Gasteiger partial charge is 0.330 e. The first kappa shape index (κ1) is 20.3. The number of aryl methyl sites for hydroxylation is 1. The maximum atomic E-state index is 12.1. The molecule has 0 fully saturated rings. The minimum atomic E-state index is -0.804. The van der Waals surface area contributed by atoms with E-state index in [0.29, 0.717) is 18.5 Å². The van der Waals surface area contributed by atoms with Crippen LogP contribution in [0.25, 0.3) is 0 Å². The Hall–Kier alpha value is -1.77. The van der Waals surface area contributed by atoms with E-state index in [1.54, 1.807) is 14.0 Å². The van der Waals surface area contributed by atoms with Crippen LogP contribution in [0.15, 0.2) is 15.8 Å². The molecule has 0 saturated carbocycles. The summed E-state index contributed by atoms with van der Waals surface area (Å²) in [6, 6.07) is -0.272. The lowest BCUT2D eigenvalue weighted by Crippen LogP contribution is -2.44. The number of unbranched alkanes of at least 4 members (excludes halogenated alkanes) is 1. The molecule has 1 aromatic heterocycles. The third kappa shape index (κ3) is 5.70. The van der Waals surface area contributed by atoms with Gasteiger partial charge in [0.15, 0.2) is 12.5 Å². The van der Waals surface area contributed by atoms with E-state index in [9.17, 15) is 14.4 Å². The Bertz CT molecular complexity index is 625. The van der Waals surface area contributed by atoms with Gasteiger partial charge in [-0.3, -0.25) is 14.3 Å². The van der Waals surface area contributed by atoms with Crippen LogP contribution in [0, 0.1) is 6.92 Å². The second-order valence-electron chi connectivity index (χ2n) is 5.69. The highest BCUT2D eigenvalue weighted by Crippen LogP contribution is 2.14. The van der Waals surface area contributed by atoms with E-state index < -0.39 is 23.6 Å². The molecule has 0 radical (unpaired) electrons. The van der Waals surface area contributed by atoms with Crippen molar-refractivity contribution in [3.8, 4) is 0 Å². The third-order valence-electron chi connectivity index (χ3n) is 3.69. The number of hydrogen-bond acceptors (Lipinski definition) is 6. The largest absolute Gasteiger partial charge is 0.378 e. The van der Waals surface area contributed by atoms with Gasteiger partial charge >= 0.3 is 5.69 Å². The van der Waals surface area contributed by atoms with Crippen molar-refractivity contribution >= 4 is 6.29 Å². The number of nitrogens with zero attached hydrogens (tertiary/aromatic N) is 1. The van der Waals surface area contributed by atoms with Crippen LogP contribution in [-0.2, 0) is 14.3 Å². The fourth-order valence-corrected chi connectivity index (χ4v) is 2.08. The second-order valence-corrected chi connectivity index (χ2v) is 5.69. The van der Waals surface area contributed by atoms with Gasteiger partial charge in [0, 0.05) is 24.4 Å². The summed E-state index contributed by atoms with van der Waals surface area (Å²) >= 11 is 0. The number of aldehydes is 1. The summed E-state index contributed by atoms with van der Waals surface area (Å²) in [7, 11) is 1.72. The molecular weight excluding hydrogens is 314 g/mol. The number of carbonyl (C=O) groups excluding carboxylic acids is 1. The van der Waals surface area contributed by atoms with Gasteiger partial charge in [-0.15, -0.1) is 0 Å². The Balaban J connectivity index is 2.97. The van der Waals surface area contributed by atoms with Crippen molar-refractivity contribution in [2.75, 3.05) is 20.3 Å². The minimum Gasteiger partial charge on any atom is -0.378 e. The zero-order valence-corrected chi connectivity index (χ0v) is 14.7. The lowest BCUT2D eigenvalue weighted by atomic mass is 10.2. The number of aromatic amines is 1. The van der Waals surface area contributed by atoms with Gasteiger partial charge in [0.05, 0.1) is 6.61 Å². The molecule has 2 N–H and O–H groups in total. The predicted molar refractivity (Wildman–Crippen MR) is 90.3 cm³/mol. The van der Waals surface area contributed by atoms with E-state index in [2.05, 4.69) is 10.3 Å². The quantitative estimate of drug-likeness (QED) is 0.445. The summed E-state index contributed by atoms with van der Waals surface area (Å²) in [6.07, 6.45) is 2.42. The summed E-state index contributed by atoms with van der Waals surface area (Å²) < 4.78 is 12.5. The van der Waals surface area contributed by atoms with Crippen LogP contribution in [0.5, 0.6) is 0 Å². The molecule has 0 aliphatic carbocycles. The van der Waals surface area contributed by atoms with Crippen LogP contribution < -0.4 is 16.6 Å². The molecule has 0 spiro atoms. The molecule has 3 atom stereocenters. The summed E-state index contributed by atoms with van der Waals surface area (Å²) in [5.41, 5.74) is -0.649. The predicted octanol–water partition coefficient (Wildman–Crippen LogP) is 0.352. The first-order valence-electron chi connectivity index (χ1n) is 8.12. The van der Waals surface area contributed by atoms with Crippen LogP contribution >= 0.6 is 0 Å². The lowest BCUT2D eigenvalue weighted by Gasteiger charge is -2.28. The van der Waals surface area contributed by atoms with Gasteiger partial charge < -0.3 is 19.6 Å². The van der Waals surface area contributed by atoms with Crippen molar-refractivity contribution in [1.82, 2.24) is 14.9 Å². The Morgan fingerprint density at radius 1 is 1.42 bits per heavy atom. The van der Waals surface area contributed by atoms with Gasteiger partial charge in [0.1, 0.15) is 6.10 Å². The number of ether oxygens (including phenoxy) is 2. The SMILES string of the molecule is CCCCOCC(C=O)O[C@H](C(C)NC)n1cc(C)c(=O)[nH]c1=O. The third-order valence-corrected chi connectivity index (χ3v) is 3.69. The fourth-order valence-electron chi connectivity index (χ4n) is 2.08. The van der Waals surface area contributed by atoms with Crippen molar-refractivity contribution in [3.63, 3.8) is 0 Å². The van der Waals surface area contributed by atoms with Gasteiger partial charge in [-0.25, -0.2) is 4.79 Å². The minimum absolute atomic E-state index is 0.119. The number of H-pyrrole nitrogens is 1. The van der Waals surface area contributed by atoms with Crippen molar-refractivity contribution < 1.29 is 14.3 Å². The van der Waals surface area contributed by atoms with Gasteiger partial charge in [-0.2, -0.15) is 0 Å². The maximum Gasteiger partial charge on any atom is 0.330 e. The zero-order chi connectivity index (χ0) is 18.1. The molecule has 1 aromatic rings. The molecule has 8 heteroatoms. The average Bonchev–Trinajstić information content (AvgIpc) is 2.57. The van der Waals surface area contributed by atoms with E-state index in [1.165, 1.54) is 10.8 Å². The zero-order valence-electron chi connectivity index (χ0n) is 14.7. The van der Waals surface area contributed by atoms with Gasteiger partial charge in [-0.05, 0) is 27.3 Å². The molecule has 1 heterocycles. The Morgan fingerprint density at radius 3 is 2.71 bits per heavy atom. The molecule has 0 amide bonds. The van der Waals surface area contributed by atoms with E-state index >= 15 is 0 Å². The van der Waals surface area contributed by atoms with E-state index in [4.69, 9.17) is 9.47 Å². The normalized spacial score (nSPS) is 15.0. The monoisotopic (exact) mass is 341 g/mol. The second kappa shape index (κ2) is 10.2. The molecule has 1 rings (SSSR count). The standard InChI is InChI=1S/C16H27N3O5/c1-5-6-7-23-10-13(9-20)24-15(12(3)17-4)19-8-11(2)14(21)18-16(19)22/h8-9,12-13,15,17H,5-7,10H2,1-4H3,(H,18,21,22)/t12?,13?,15-/m1/s1. The van der Waals surface area contributed by atoms with Crippen molar-refractivity contribution in [2.24, 2.45) is 0 Å². The number of nitrogens with one attached hydrogen (secondary N) is 2. The van der Waals surface area contributed by atoms with E-state index in [-0.39, 0.29) is 12.6 Å². The molecule has 0 aromatic carbocycles. The average molecular weight is 341 g/mol. The number of aromatic nitrogens is 2. The Labute approximate surface area is 141 Å². The maximum absolute atomic E-state index is 12.1. The first-order chi connectivity index (χ1) is 11.4. The van der Waals surface area contributed by atoms with Crippen LogP contribution in [0.4, 0.5) is 0 Å². The van der Waals surface area contributed by atoms with Crippen molar-refractivity contribution in [1.29, 1.82) is 0 Å². The summed E-state index contributed by atoms with van der Waals surface area (Å²) in [4.78, 5) is 37.2. The molecular formula is C16H27N3O5. The molecule has 0 aliphatic rings. The molecule has 2 unspecified atom stereocenters. The van der Waals surface area contributed by atoms with Gasteiger partial charge in [0.2, 0.25) is 0 Å². The summed E-state index contributed by atoms with van der Waals surface area (Å²) in [6.45, 7) is 6.13. The first-order valence-corrected chi connectivity index (χ1v) is 8.12. The fraction of sp³-hybridized carbons (Fsp3) is 0.688. The molecule has 136 valence electrons. The molecule has 24 heavy (non-hydrogen) atoms. The van der Waals surface area contributed by atoms with Crippen molar-refractivity contribution in [3.05, 3.63) is 32.6 Å². The summed E-state index contributed by atoms with van der Waals surface area (Å²) in [5.74, 6) is 0. The Kier molecular flexibility index (Phi) is 8.59. The number of likely N-dealkylation sites (N-methyl/N-ethyl adjacent to an activating group) is 1.